The third kappa shape index (κ3) is 5.28. The van der Waals surface area contributed by atoms with Crippen molar-refractivity contribution in [1.82, 2.24) is 5.32 Å². The van der Waals surface area contributed by atoms with E-state index in [0.717, 1.165) is 6.08 Å². The molecule has 2 N–H and O–H groups in total. The van der Waals surface area contributed by atoms with Gasteiger partial charge in [-0.3, -0.25) is 4.79 Å². The Balaban J connectivity index is 1.91. The molecule has 1 heterocycles. The molecule has 2 aromatic carbocycles. The van der Waals surface area contributed by atoms with Crippen molar-refractivity contribution in [3.05, 3.63) is 87.2 Å². The second-order valence-corrected chi connectivity index (χ2v) is 7.01. The highest BCUT2D eigenvalue weighted by atomic mass is 35.5. The Morgan fingerprint density at radius 2 is 1.61 bits per heavy atom. The maximum absolute atomic E-state index is 12.9. The summed E-state index contributed by atoms with van der Waals surface area (Å²) in [5.41, 5.74) is -1.23. The van der Waals surface area contributed by atoms with E-state index in [1.54, 1.807) is 18.2 Å². The summed E-state index contributed by atoms with van der Waals surface area (Å²) in [6.07, 6.45) is -3.57. The van der Waals surface area contributed by atoms with Gasteiger partial charge in [-0.1, -0.05) is 41.4 Å². The number of aliphatic carboxylic acids is 1. The molecule has 1 aromatic heterocycles. The van der Waals surface area contributed by atoms with Crippen LogP contribution in [0.2, 0.25) is 10.0 Å². The first-order chi connectivity index (χ1) is 14.6. The number of hydrogen-bond donors (Lipinski definition) is 2. The summed E-state index contributed by atoms with van der Waals surface area (Å²) in [5.74, 6) is -2.04. The van der Waals surface area contributed by atoms with Gasteiger partial charge in [0, 0.05) is 11.6 Å². The van der Waals surface area contributed by atoms with E-state index in [-0.39, 0.29) is 32.7 Å². The largest absolute Gasteiger partial charge is 0.477 e. The Hall–Kier alpha value is -3.23. The van der Waals surface area contributed by atoms with E-state index in [9.17, 15) is 27.9 Å². The summed E-state index contributed by atoms with van der Waals surface area (Å²) in [6.45, 7) is 0. The minimum atomic E-state index is -4.63. The van der Waals surface area contributed by atoms with E-state index in [4.69, 9.17) is 27.6 Å². The molecule has 1 amide bonds. The Bertz CT molecular complexity index is 1150. The van der Waals surface area contributed by atoms with E-state index in [1.807, 2.05) is 0 Å². The van der Waals surface area contributed by atoms with Gasteiger partial charge in [-0.05, 0) is 36.4 Å². The molecule has 0 saturated heterocycles. The smallest absolute Gasteiger partial charge is 0.416 e. The molecular weight excluding hydrogens is 458 g/mol. The molecule has 0 saturated carbocycles. The average molecular weight is 470 g/mol. The van der Waals surface area contributed by atoms with Gasteiger partial charge in [-0.2, -0.15) is 13.2 Å². The first-order valence-corrected chi connectivity index (χ1v) is 9.29. The number of carbonyl (C=O) groups excluding carboxylic acids is 1. The highest BCUT2D eigenvalue weighted by molar-refractivity contribution is 6.39. The van der Waals surface area contributed by atoms with Gasteiger partial charge in [0.25, 0.3) is 5.91 Å². The van der Waals surface area contributed by atoms with Gasteiger partial charge in [-0.25, -0.2) is 4.79 Å². The lowest BCUT2D eigenvalue weighted by Gasteiger charge is -2.11. The van der Waals surface area contributed by atoms with Gasteiger partial charge >= 0.3 is 12.1 Å². The quantitative estimate of drug-likeness (QED) is 0.440. The van der Waals surface area contributed by atoms with Crippen LogP contribution in [0.25, 0.3) is 17.4 Å². The lowest BCUT2D eigenvalue weighted by molar-refractivity contribution is -0.137. The zero-order chi connectivity index (χ0) is 22.8. The molecule has 0 spiro atoms. The fourth-order valence-corrected chi connectivity index (χ4v) is 3.29. The minimum Gasteiger partial charge on any atom is -0.477 e. The van der Waals surface area contributed by atoms with Crippen LogP contribution < -0.4 is 5.32 Å². The van der Waals surface area contributed by atoms with E-state index < -0.39 is 29.3 Å². The number of carboxylic acids is 1. The molecule has 0 aliphatic heterocycles. The first-order valence-electron chi connectivity index (χ1n) is 8.54. The lowest BCUT2D eigenvalue weighted by atomic mass is 10.1. The SMILES string of the molecule is O=C(O)C(=Cc1ccc(-c2c(Cl)cc(C(F)(F)F)cc2Cl)o1)NC(=O)c1ccccc1. The summed E-state index contributed by atoms with van der Waals surface area (Å²) >= 11 is 11.9. The normalized spacial score (nSPS) is 12.0. The third-order valence-corrected chi connectivity index (χ3v) is 4.64. The summed E-state index contributed by atoms with van der Waals surface area (Å²) in [5, 5.41) is 11.1. The van der Waals surface area contributed by atoms with Crippen molar-refractivity contribution in [1.29, 1.82) is 0 Å². The average Bonchev–Trinajstić information content (AvgIpc) is 3.14. The topological polar surface area (TPSA) is 79.5 Å². The molecular formula is C21H12Cl2F3NO4. The summed E-state index contributed by atoms with van der Waals surface area (Å²) in [4.78, 5) is 23.7. The zero-order valence-corrected chi connectivity index (χ0v) is 16.8. The van der Waals surface area contributed by atoms with Gasteiger partial charge in [0.2, 0.25) is 0 Å². The number of carboxylic acid groups (broad SMARTS) is 1. The summed E-state index contributed by atoms with van der Waals surface area (Å²) in [6, 6.07) is 12.1. The van der Waals surface area contributed by atoms with Crippen LogP contribution >= 0.6 is 23.2 Å². The van der Waals surface area contributed by atoms with E-state index >= 15 is 0 Å². The predicted octanol–water partition coefficient (Wildman–Crippen LogP) is 6.13. The van der Waals surface area contributed by atoms with E-state index in [2.05, 4.69) is 5.32 Å². The van der Waals surface area contributed by atoms with Crippen LogP contribution in [0.5, 0.6) is 0 Å². The zero-order valence-electron chi connectivity index (χ0n) is 15.3. The number of furan rings is 1. The van der Waals surface area contributed by atoms with Crippen LogP contribution in [0.1, 0.15) is 21.7 Å². The van der Waals surface area contributed by atoms with Crippen molar-refractivity contribution >= 4 is 41.2 Å². The van der Waals surface area contributed by atoms with Crippen molar-refractivity contribution in [2.24, 2.45) is 0 Å². The molecule has 0 fully saturated rings. The highest BCUT2D eigenvalue weighted by Crippen LogP contribution is 2.41. The van der Waals surface area contributed by atoms with Crippen molar-refractivity contribution in [3.8, 4) is 11.3 Å². The Labute approximate surface area is 183 Å². The lowest BCUT2D eigenvalue weighted by Crippen LogP contribution is -2.27. The number of rotatable bonds is 5. The maximum atomic E-state index is 12.9. The van der Waals surface area contributed by atoms with E-state index in [0.29, 0.717) is 12.1 Å². The molecule has 0 bridgehead atoms. The van der Waals surface area contributed by atoms with E-state index in [1.165, 1.54) is 24.3 Å². The molecule has 10 heteroatoms. The molecule has 0 atom stereocenters. The monoisotopic (exact) mass is 469 g/mol. The van der Waals surface area contributed by atoms with Gasteiger partial charge in [0.1, 0.15) is 17.2 Å². The molecule has 0 aliphatic carbocycles. The maximum Gasteiger partial charge on any atom is 0.416 e. The second kappa shape index (κ2) is 8.87. The number of nitrogens with one attached hydrogen (secondary N) is 1. The minimum absolute atomic E-state index is 0.00722. The van der Waals surface area contributed by atoms with Gasteiger partial charge < -0.3 is 14.8 Å². The van der Waals surface area contributed by atoms with Crippen LogP contribution in [0, 0.1) is 0 Å². The molecule has 31 heavy (non-hydrogen) atoms. The van der Waals surface area contributed by atoms with Crippen LogP contribution in [0.3, 0.4) is 0 Å². The highest BCUT2D eigenvalue weighted by Gasteiger charge is 2.32. The van der Waals surface area contributed by atoms with Crippen LogP contribution in [-0.2, 0) is 11.0 Å². The summed E-state index contributed by atoms with van der Waals surface area (Å²) < 4.78 is 44.2. The van der Waals surface area contributed by atoms with Crippen molar-refractivity contribution < 1.29 is 32.3 Å². The molecule has 0 radical (unpaired) electrons. The molecule has 0 aliphatic rings. The number of halogens is 5. The van der Waals surface area contributed by atoms with Crippen molar-refractivity contribution in [2.45, 2.75) is 6.18 Å². The number of carbonyl (C=O) groups is 2. The van der Waals surface area contributed by atoms with Gasteiger partial charge in [-0.15, -0.1) is 0 Å². The standard InChI is InChI=1S/C21H12Cl2F3NO4/c22-14-8-12(21(24,25)26)9-15(23)18(14)17-7-6-13(31-17)10-16(20(29)30)27-19(28)11-4-2-1-3-5-11/h1-10H,(H,27,28)(H,29,30). The number of amides is 1. The van der Waals surface area contributed by atoms with Crippen LogP contribution in [-0.4, -0.2) is 17.0 Å². The number of hydrogen-bond acceptors (Lipinski definition) is 3. The molecule has 3 rings (SSSR count). The van der Waals surface area contributed by atoms with Crippen molar-refractivity contribution in [2.75, 3.05) is 0 Å². The molecule has 160 valence electrons. The van der Waals surface area contributed by atoms with Crippen molar-refractivity contribution in [3.63, 3.8) is 0 Å². The number of alkyl halides is 3. The Morgan fingerprint density at radius 1 is 1.00 bits per heavy atom. The number of benzene rings is 2. The van der Waals surface area contributed by atoms with Crippen LogP contribution in [0.15, 0.2) is 64.7 Å². The predicted molar refractivity (Wildman–Crippen MR) is 109 cm³/mol. The fraction of sp³-hybridized carbons (Fsp3) is 0.0476. The third-order valence-electron chi connectivity index (χ3n) is 4.04. The van der Waals surface area contributed by atoms with Gasteiger partial charge in [0.15, 0.2) is 0 Å². The second-order valence-electron chi connectivity index (χ2n) is 6.20. The molecule has 5 nitrogen and oxygen atoms in total. The Morgan fingerprint density at radius 3 is 2.16 bits per heavy atom. The van der Waals surface area contributed by atoms with Gasteiger partial charge in [0.05, 0.1) is 21.2 Å². The Kier molecular flexibility index (Phi) is 6.42. The molecule has 3 aromatic rings. The van der Waals surface area contributed by atoms with Crippen LogP contribution in [0.4, 0.5) is 13.2 Å². The fourth-order valence-electron chi connectivity index (χ4n) is 2.61. The first kappa shape index (κ1) is 22.5. The molecule has 0 unspecified atom stereocenters. The summed E-state index contributed by atoms with van der Waals surface area (Å²) in [7, 11) is 0.